The van der Waals surface area contributed by atoms with E-state index in [2.05, 4.69) is 5.32 Å². The fourth-order valence-electron chi connectivity index (χ4n) is 3.08. The van der Waals surface area contributed by atoms with E-state index in [4.69, 9.17) is 28.3 Å². The highest BCUT2D eigenvalue weighted by Crippen LogP contribution is 2.34. The number of aliphatic hydroxyl groups is 1. The Labute approximate surface area is 177 Å². The summed E-state index contributed by atoms with van der Waals surface area (Å²) in [6.45, 7) is 1.52. The van der Waals surface area contributed by atoms with Gasteiger partial charge in [-0.3, -0.25) is 4.79 Å². The predicted molar refractivity (Wildman–Crippen MR) is 114 cm³/mol. The third-order valence-electron chi connectivity index (χ3n) is 4.52. The Morgan fingerprint density at radius 1 is 1.00 bits per heavy atom. The van der Waals surface area contributed by atoms with Gasteiger partial charge in [0, 0.05) is 5.56 Å². The van der Waals surface area contributed by atoms with Gasteiger partial charge in [-0.05, 0) is 35.7 Å². The second-order valence-corrected chi connectivity index (χ2v) is 7.20. The third-order valence-corrected chi connectivity index (χ3v) is 5.11. The smallest absolute Gasteiger partial charge is 0.335 e. The average molecular weight is 430 g/mol. The molecule has 148 valence electrons. The first-order chi connectivity index (χ1) is 13.8. The van der Waals surface area contributed by atoms with E-state index in [-0.39, 0.29) is 27.8 Å². The number of aryl methyl sites for hydroxylation is 1. The van der Waals surface area contributed by atoms with Gasteiger partial charge in [0.2, 0.25) is 0 Å². The first kappa shape index (κ1) is 20.9. The van der Waals surface area contributed by atoms with Crippen LogP contribution in [-0.4, -0.2) is 22.1 Å². The Balaban J connectivity index is 2.05. The molecule has 0 bridgehead atoms. The minimum absolute atomic E-state index is 0.0354. The number of nitrogens with one attached hydrogen (secondary N) is 1. The van der Waals surface area contributed by atoms with E-state index in [9.17, 15) is 14.7 Å². The number of carbonyl (C=O) groups excluding carboxylic acids is 1. The summed E-state index contributed by atoms with van der Waals surface area (Å²) in [6, 6.07) is 15.6. The van der Waals surface area contributed by atoms with Crippen LogP contribution in [-0.2, 0) is 6.61 Å². The van der Waals surface area contributed by atoms with Gasteiger partial charge in [-0.1, -0.05) is 65.7 Å². The summed E-state index contributed by atoms with van der Waals surface area (Å²) in [6.07, 6.45) is 0. The molecule has 0 aromatic heterocycles. The number of carboxylic acids is 1. The van der Waals surface area contributed by atoms with E-state index in [1.807, 2.05) is 42.5 Å². The highest BCUT2D eigenvalue weighted by molar-refractivity contribution is 6.41. The van der Waals surface area contributed by atoms with Crippen LogP contribution in [0, 0.1) is 6.92 Å². The van der Waals surface area contributed by atoms with E-state index in [1.54, 1.807) is 6.92 Å². The lowest BCUT2D eigenvalue weighted by Gasteiger charge is -2.18. The molecule has 3 aromatic rings. The summed E-state index contributed by atoms with van der Waals surface area (Å²) in [7, 11) is 0. The lowest BCUT2D eigenvalue weighted by atomic mass is 9.95. The topological polar surface area (TPSA) is 86.6 Å². The molecule has 0 spiro atoms. The van der Waals surface area contributed by atoms with Gasteiger partial charge in [0.25, 0.3) is 5.91 Å². The van der Waals surface area contributed by atoms with Crippen LogP contribution < -0.4 is 5.32 Å². The van der Waals surface area contributed by atoms with Gasteiger partial charge in [-0.15, -0.1) is 0 Å². The van der Waals surface area contributed by atoms with Crippen molar-refractivity contribution < 1.29 is 19.8 Å². The van der Waals surface area contributed by atoms with E-state index >= 15 is 0 Å². The van der Waals surface area contributed by atoms with Crippen LogP contribution in [0.5, 0.6) is 0 Å². The first-order valence-electron chi connectivity index (χ1n) is 8.66. The molecule has 0 aliphatic carbocycles. The minimum atomic E-state index is -1.20. The molecule has 0 heterocycles. The predicted octanol–water partition coefficient (Wildman–Crippen LogP) is 5.41. The number of carboxylic acid groups (broad SMARTS) is 1. The molecule has 0 atom stereocenters. The fourth-order valence-corrected chi connectivity index (χ4v) is 3.74. The Hall–Kier alpha value is -2.86. The van der Waals surface area contributed by atoms with Crippen LogP contribution in [0.2, 0.25) is 10.0 Å². The summed E-state index contributed by atoms with van der Waals surface area (Å²) >= 11 is 12.2. The standard InChI is InChI=1S/C22H17Cl2NO4/c1-12-7-8-15(13-5-3-2-4-6-13)16(11-26)20(12)25-21(27)19-17(23)9-14(22(28)29)10-18(19)24/h2-10,26H,11H2,1H3,(H,25,27)(H,28,29). The molecule has 1 amide bonds. The number of anilines is 1. The van der Waals surface area contributed by atoms with Crippen molar-refractivity contribution in [3.05, 3.63) is 86.9 Å². The quantitative estimate of drug-likeness (QED) is 0.505. The minimum Gasteiger partial charge on any atom is -0.478 e. The maximum absolute atomic E-state index is 12.9. The molecule has 0 radical (unpaired) electrons. The van der Waals surface area contributed by atoms with E-state index in [0.29, 0.717) is 11.3 Å². The van der Waals surface area contributed by atoms with Gasteiger partial charge in [0.05, 0.1) is 33.5 Å². The number of aromatic carboxylic acids is 1. The highest BCUT2D eigenvalue weighted by atomic mass is 35.5. The molecule has 0 saturated carbocycles. The van der Waals surface area contributed by atoms with Crippen molar-refractivity contribution in [1.82, 2.24) is 0 Å². The molecule has 7 heteroatoms. The summed E-state index contributed by atoms with van der Waals surface area (Å²) < 4.78 is 0. The van der Waals surface area contributed by atoms with Crippen molar-refractivity contribution in [2.75, 3.05) is 5.32 Å². The van der Waals surface area contributed by atoms with E-state index in [0.717, 1.165) is 16.7 Å². The molecular weight excluding hydrogens is 413 g/mol. The van der Waals surface area contributed by atoms with Crippen LogP contribution >= 0.6 is 23.2 Å². The molecule has 29 heavy (non-hydrogen) atoms. The highest BCUT2D eigenvalue weighted by Gasteiger charge is 2.21. The molecule has 5 nitrogen and oxygen atoms in total. The van der Waals surface area contributed by atoms with Crippen LogP contribution in [0.3, 0.4) is 0 Å². The molecule has 0 aliphatic heterocycles. The summed E-state index contributed by atoms with van der Waals surface area (Å²) in [5.74, 6) is -1.80. The maximum Gasteiger partial charge on any atom is 0.335 e. The molecule has 3 aromatic carbocycles. The second kappa shape index (κ2) is 8.66. The van der Waals surface area contributed by atoms with Gasteiger partial charge in [-0.2, -0.15) is 0 Å². The maximum atomic E-state index is 12.9. The zero-order chi connectivity index (χ0) is 21.1. The average Bonchev–Trinajstić information content (AvgIpc) is 2.69. The number of halogens is 2. The Kier molecular flexibility index (Phi) is 6.23. The fraction of sp³-hybridized carbons (Fsp3) is 0.0909. The zero-order valence-electron chi connectivity index (χ0n) is 15.4. The molecular formula is C22H17Cl2NO4. The molecule has 3 rings (SSSR count). The van der Waals surface area contributed by atoms with Gasteiger partial charge in [-0.25, -0.2) is 4.79 Å². The Morgan fingerprint density at radius 3 is 2.17 bits per heavy atom. The Morgan fingerprint density at radius 2 is 1.62 bits per heavy atom. The van der Waals surface area contributed by atoms with Gasteiger partial charge in [0.1, 0.15) is 0 Å². The van der Waals surface area contributed by atoms with Crippen molar-refractivity contribution >= 4 is 40.8 Å². The Bertz CT molecular complexity index is 1070. The number of amides is 1. The number of hydrogen-bond donors (Lipinski definition) is 3. The number of carbonyl (C=O) groups is 2. The van der Waals surface area contributed by atoms with E-state index in [1.165, 1.54) is 12.1 Å². The van der Waals surface area contributed by atoms with Crippen molar-refractivity contribution in [1.29, 1.82) is 0 Å². The largest absolute Gasteiger partial charge is 0.478 e. The van der Waals surface area contributed by atoms with Crippen molar-refractivity contribution in [3.63, 3.8) is 0 Å². The SMILES string of the molecule is Cc1ccc(-c2ccccc2)c(CO)c1NC(=O)c1c(Cl)cc(C(=O)O)cc1Cl. The zero-order valence-corrected chi connectivity index (χ0v) is 16.9. The molecule has 0 saturated heterocycles. The van der Waals surface area contributed by atoms with E-state index < -0.39 is 11.9 Å². The van der Waals surface area contributed by atoms with Crippen LogP contribution in [0.15, 0.2) is 54.6 Å². The second-order valence-electron chi connectivity index (χ2n) is 6.38. The summed E-state index contributed by atoms with van der Waals surface area (Å²) in [5, 5.41) is 21.7. The normalized spacial score (nSPS) is 10.6. The van der Waals surface area contributed by atoms with Crippen molar-refractivity contribution in [2.24, 2.45) is 0 Å². The number of aliphatic hydroxyl groups excluding tert-OH is 1. The molecule has 0 aliphatic rings. The molecule has 0 unspecified atom stereocenters. The van der Waals surface area contributed by atoms with Crippen molar-refractivity contribution in [3.8, 4) is 11.1 Å². The van der Waals surface area contributed by atoms with Crippen LogP contribution in [0.1, 0.15) is 31.8 Å². The van der Waals surface area contributed by atoms with Crippen molar-refractivity contribution in [2.45, 2.75) is 13.5 Å². The monoisotopic (exact) mass is 429 g/mol. The lowest BCUT2D eigenvalue weighted by Crippen LogP contribution is -2.16. The number of rotatable bonds is 5. The van der Waals surface area contributed by atoms with Gasteiger partial charge >= 0.3 is 5.97 Å². The summed E-state index contributed by atoms with van der Waals surface area (Å²) in [4.78, 5) is 24.0. The third kappa shape index (κ3) is 4.27. The number of hydrogen-bond acceptors (Lipinski definition) is 3. The molecule has 3 N–H and O–H groups in total. The summed E-state index contributed by atoms with van der Waals surface area (Å²) in [5.41, 5.74) is 3.28. The molecule has 0 fully saturated rings. The lowest BCUT2D eigenvalue weighted by molar-refractivity contribution is 0.0696. The first-order valence-corrected chi connectivity index (χ1v) is 9.41. The number of benzene rings is 3. The van der Waals surface area contributed by atoms with Gasteiger partial charge < -0.3 is 15.5 Å². The van der Waals surface area contributed by atoms with Crippen LogP contribution in [0.4, 0.5) is 5.69 Å². The van der Waals surface area contributed by atoms with Crippen LogP contribution in [0.25, 0.3) is 11.1 Å². The van der Waals surface area contributed by atoms with Gasteiger partial charge in [0.15, 0.2) is 0 Å².